The molecule has 2 radical (unpaired) electrons. The molecule has 0 atom stereocenters. The zero-order chi connectivity index (χ0) is 12.1. The molecule has 0 aliphatic rings. The summed E-state index contributed by atoms with van der Waals surface area (Å²) in [6.07, 6.45) is 4.43. The number of rotatable bonds is 5. The van der Waals surface area contributed by atoms with Gasteiger partial charge in [-0.05, 0) is 13.8 Å². The van der Waals surface area contributed by atoms with Crippen molar-refractivity contribution in [3.63, 3.8) is 0 Å². The lowest BCUT2D eigenvalue weighted by Crippen LogP contribution is -2.50. The Hall–Kier alpha value is -1.26. The van der Waals surface area contributed by atoms with Crippen LogP contribution in [0.4, 0.5) is 0 Å². The molecule has 1 amide bonds. The molecule has 0 unspecified atom stereocenters. The molecule has 0 fully saturated rings. The van der Waals surface area contributed by atoms with Crippen LogP contribution in [0.15, 0.2) is 12.4 Å². The standard InChI is InChI=1S/C11H20BN3O/c1-5-15(6-2)10(16)9-12-11-13(3)7-8-14(11)4/h7-8H,5-6,9H2,1-4H3. The summed E-state index contributed by atoms with van der Waals surface area (Å²) in [5, 5.41) is 0. The van der Waals surface area contributed by atoms with E-state index in [1.54, 1.807) is 0 Å². The molecule has 0 aliphatic carbocycles. The van der Waals surface area contributed by atoms with Crippen molar-refractivity contribution < 1.29 is 9.36 Å². The smallest absolute Gasteiger partial charge is 0.182 e. The Morgan fingerprint density at radius 1 is 1.50 bits per heavy atom. The molecule has 1 rings (SSSR count). The fourth-order valence-corrected chi connectivity index (χ4v) is 1.77. The number of aryl methyl sites for hydroxylation is 2. The fourth-order valence-electron chi connectivity index (χ4n) is 1.77. The summed E-state index contributed by atoms with van der Waals surface area (Å²) in [6.45, 7) is 5.57. The van der Waals surface area contributed by atoms with Gasteiger partial charge in [0.25, 0.3) is 0 Å². The van der Waals surface area contributed by atoms with Crippen LogP contribution >= 0.6 is 0 Å². The third-order valence-corrected chi connectivity index (χ3v) is 2.81. The number of nitrogens with zero attached hydrogens (tertiary/aromatic N) is 3. The molecule has 0 bridgehead atoms. The quantitative estimate of drug-likeness (QED) is 0.485. The van der Waals surface area contributed by atoms with Crippen LogP contribution in [0.25, 0.3) is 0 Å². The number of hydrogen-bond donors (Lipinski definition) is 0. The van der Waals surface area contributed by atoms with Crippen LogP contribution in [0.2, 0.25) is 6.32 Å². The van der Waals surface area contributed by atoms with E-state index in [9.17, 15) is 4.79 Å². The Kier molecular flexibility index (Phi) is 4.59. The van der Waals surface area contributed by atoms with Crippen molar-refractivity contribution in [3.8, 4) is 0 Å². The van der Waals surface area contributed by atoms with Crippen molar-refractivity contribution in [2.45, 2.75) is 20.2 Å². The molecule has 0 N–H and O–H groups in total. The summed E-state index contributed by atoms with van der Waals surface area (Å²) in [5.74, 6) is 0.186. The van der Waals surface area contributed by atoms with Crippen LogP contribution in [-0.4, -0.2) is 35.7 Å². The van der Waals surface area contributed by atoms with E-state index in [0.29, 0.717) is 6.32 Å². The number of hydrogen-bond acceptors (Lipinski definition) is 1. The van der Waals surface area contributed by atoms with Gasteiger partial charge < -0.3 is 4.90 Å². The molecule has 0 aliphatic heterocycles. The van der Waals surface area contributed by atoms with E-state index in [0.717, 1.165) is 18.8 Å². The molecule has 1 aromatic rings. The molecular formula is C11H20BN3O. The third kappa shape index (κ3) is 2.87. The van der Waals surface area contributed by atoms with E-state index >= 15 is 0 Å². The van der Waals surface area contributed by atoms with Gasteiger partial charge in [-0.2, -0.15) is 13.6 Å². The molecule has 0 saturated carbocycles. The Labute approximate surface area is 98.1 Å². The van der Waals surface area contributed by atoms with Gasteiger partial charge >= 0.3 is 0 Å². The molecule has 1 heterocycles. The van der Waals surface area contributed by atoms with Gasteiger partial charge in [-0.25, -0.2) is 0 Å². The summed E-state index contributed by atoms with van der Waals surface area (Å²) in [5.41, 5.74) is 1.06. The van der Waals surface area contributed by atoms with Gasteiger partial charge in [-0.15, -0.1) is 0 Å². The van der Waals surface area contributed by atoms with E-state index in [1.807, 2.05) is 61.7 Å². The van der Waals surface area contributed by atoms with Crippen molar-refractivity contribution in [2.24, 2.45) is 14.1 Å². The lowest BCUT2D eigenvalue weighted by atomic mass is 9.72. The highest BCUT2D eigenvalue weighted by Crippen LogP contribution is 1.93. The van der Waals surface area contributed by atoms with Crippen LogP contribution in [0.1, 0.15) is 13.8 Å². The van der Waals surface area contributed by atoms with Gasteiger partial charge in [0.1, 0.15) is 12.4 Å². The zero-order valence-electron chi connectivity index (χ0n) is 10.6. The minimum absolute atomic E-state index is 0.186. The van der Waals surface area contributed by atoms with Crippen molar-refractivity contribution >= 4 is 18.9 Å². The summed E-state index contributed by atoms with van der Waals surface area (Å²) in [4.78, 5) is 13.6. The van der Waals surface area contributed by atoms with E-state index in [1.165, 1.54) is 0 Å². The first-order chi connectivity index (χ1) is 7.60. The normalized spacial score (nSPS) is 10.5. The second-order valence-electron chi connectivity index (χ2n) is 3.85. The Balaban J connectivity index is 2.55. The maximum atomic E-state index is 11.8. The number of carbonyl (C=O) groups is 1. The number of amides is 1. The zero-order valence-corrected chi connectivity index (χ0v) is 10.6. The first-order valence-electron chi connectivity index (χ1n) is 5.72. The van der Waals surface area contributed by atoms with E-state index < -0.39 is 0 Å². The largest absolute Gasteiger partial charge is 0.346 e. The van der Waals surface area contributed by atoms with Gasteiger partial charge in [-0.1, -0.05) is 0 Å². The monoisotopic (exact) mass is 221 g/mol. The average molecular weight is 221 g/mol. The molecule has 0 spiro atoms. The van der Waals surface area contributed by atoms with E-state index in [4.69, 9.17) is 0 Å². The van der Waals surface area contributed by atoms with Crippen LogP contribution < -0.4 is 10.3 Å². The lowest BCUT2D eigenvalue weighted by molar-refractivity contribution is -0.653. The summed E-state index contributed by atoms with van der Waals surface area (Å²) in [7, 11) is 5.93. The highest BCUT2D eigenvalue weighted by atomic mass is 16.2. The second kappa shape index (κ2) is 5.73. The summed E-state index contributed by atoms with van der Waals surface area (Å²) >= 11 is 0. The highest BCUT2D eigenvalue weighted by molar-refractivity contribution is 6.54. The predicted molar refractivity (Wildman–Crippen MR) is 64.7 cm³/mol. The van der Waals surface area contributed by atoms with Crippen LogP contribution in [0.3, 0.4) is 0 Å². The Morgan fingerprint density at radius 3 is 2.56 bits per heavy atom. The minimum atomic E-state index is 0.186. The first-order valence-corrected chi connectivity index (χ1v) is 5.72. The maximum absolute atomic E-state index is 11.8. The lowest BCUT2D eigenvalue weighted by Gasteiger charge is -2.22. The number of imidazole rings is 1. The summed E-state index contributed by atoms with van der Waals surface area (Å²) < 4.78 is 4.02. The molecule has 4 nitrogen and oxygen atoms in total. The summed E-state index contributed by atoms with van der Waals surface area (Å²) in [6, 6.07) is 0. The first kappa shape index (κ1) is 12.8. The van der Waals surface area contributed by atoms with Crippen molar-refractivity contribution in [2.75, 3.05) is 13.1 Å². The van der Waals surface area contributed by atoms with Gasteiger partial charge in [0.15, 0.2) is 5.91 Å². The number of carbonyl (C=O) groups excluding carboxylic acids is 1. The molecule has 16 heavy (non-hydrogen) atoms. The van der Waals surface area contributed by atoms with Crippen molar-refractivity contribution in [3.05, 3.63) is 12.4 Å². The van der Waals surface area contributed by atoms with Gasteiger partial charge in [0.05, 0.1) is 14.1 Å². The highest BCUT2D eigenvalue weighted by Gasteiger charge is 2.06. The second-order valence-corrected chi connectivity index (χ2v) is 3.85. The fraction of sp³-hybridized carbons (Fsp3) is 0.636. The maximum Gasteiger partial charge on any atom is 0.182 e. The molecule has 88 valence electrons. The number of aromatic nitrogens is 2. The Morgan fingerprint density at radius 2 is 2.12 bits per heavy atom. The van der Waals surface area contributed by atoms with E-state index in [-0.39, 0.29) is 5.91 Å². The van der Waals surface area contributed by atoms with Gasteiger partial charge in [0, 0.05) is 18.8 Å². The predicted octanol–water partition coefficient (Wildman–Crippen LogP) is -0.534. The third-order valence-electron chi connectivity index (χ3n) is 2.81. The van der Waals surface area contributed by atoms with Crippen molar-refractivity contribution in [1.82, 2.24) is 9.47 Å². The minimum Gasteiger partial charge on any atom is -0.346 e. The molecule has 0 saturated heterocycles. The SMILES string of the molecule is CCN(CC)C(=O)C[B-]c1n(C)cc[n+]1C. The Bertz CT molecular complexity index is 339. The average Bonchev–Trinajstić information content (AvgIpc) is 2.58. The van der Waals surface area contributed by atoms with Gasteiger partial charge in [-0.3, -0.25) is 13.9 Å². The van der Waals surface area contributed by atoms with E-state index in [2.05, 4.69) is 0 Å². The molecule has 5 heteroatoms. The molecular weight excluding hydrogens is 201 g/mol. The molecule has 0 aromatic carbocycles. The van der Waals surface area contributed by atoms with Crippen LogP contribution in [0.5, 0.6) is 0 Å². The van der Waals surface area contributed by atoms with Crippen molar-refractivity contribution in [1.29, 1.82) is 0 Å². The molecule has 1 aromatic heterocycles. The van der Waals surface area contributed by atoms with Gasteiger partial charge in [0.2, 0.25) is 0 Å². The topological polar surface area (TPSA) is 29.1 Å². The van der Waals surface area contributed by atoms with Crippen LogP contribution in [-0.2, 0) is 18.9 Å². The van der Waals surface area contributed by atoms with Crippen LogP contribution in [0, 0.1) is 0 Å².